The summed E-state index contributed by atoms with van der Waals surface area (Å²) in [6.45, 7) is 0.631. The number of benzene rings is 2. The van der Waals surface area contributed by atoms with Crippen LogP contribution in [0.3, 0.4) is 0 Å². The Morgan fingerprint density at radius 3 is 2.44 bits per heavy atom. The van der Waals surface area contributed by atoms with Crippen LogP contribution in [0.5, 0.6) is 0 Å². The fourth-order valence-electron chi connectivity index (χ4n) is 3.19. The Hall–Kier alpha value is -2.67. The molecule has 1 aliphatic heterocycles. The first-order valence-electron chi connectivity index (χ1n) is 8.73. The molecule has 0 bridgehead atoms. The summed E-state index contributed by atoms with van der Waals surface area (Å²) in [4.78, 5) is 27.0. The third kappa shape index (κ3) is 4.74. The molecule has 142 valence electrons. The minimum absolute atomic E-state index is 0.0686. The van der Waals surface area contributed by atoms with Gasteiger partial charge in [-0.05, 0) is 23.6 Å². The smallest absolute Gasteiger partial charge is 0.255 e. The zero-order chi connectivity index (χ0) is 19.4. The number of fused-ring (bicyclic) bond motifs is 1. The van der Waals surface area contributed by atoms with E-state index in [-0.39, 0.29) is 24.0 Å². The summed E-state index contributed by atoms with van der Waals surface area (Å²) in [7, 11) is -3.25. The molecule has 27 heavy (non-hydrogen) atoms. The fraction of sp³-hybridized carbons (Fsp3) is 0.300. The Labute approximate surface area is 159 Å². The summed E-state index contributed by atoms with van der Waals surface area (Å²) in [5.41, 5.74) is 2.35. The predicted molar refractivity (Wildman–Crippen MR) is 103 cm³/mol. The molecule has 2 amide bonds. The molecule has 1 aliphatic rings. The number of rotatable bonds is 7. The molecule has 0 fully saturated rings. The maximum atomic E-state index is 12.8. The van der Waals surface area contributed by atoms with Crippen LogP contribution in [0.2, 0.25) is 0 Å². The van der Waals surface area contributed by atoms with Gasteiger partial charge < -0.3 is 10.2 Å². The van der Waals surface area contributed by atoms with Crippen molar-refractivity contribution < 1.29 is 18.0 Å². The standard InChI is InChI=1S/C20H22N2O4S/c1-27(25,26)12-11-18(19(23)21-13-15-7-3-2-4-8-15)22-14-16-9-5-6-10-17(16)20(22)24/h2-10,18H,11-14H2,1H3,(H,21,23)/t18-/m1/s1. The van der Waals surface area contributed by atoms with Gasteiger partial charge in [-0.15, -0.1) is 0 Å². The van der Waals surface area contributed by atoms with Crippen LogP contribution >= 0.6 is 0 Å². The summed E-state index contributed by atoms with van der Waals surface area (Å²) in [6, 6.07) is 15.8. The van der Waals surface area contributed by atoms with Crippen molar-refractivity contribution in [2.24, 2.45) is 0 Å². The third-order valence-electron chi connectivity index (χ3n) is 4.60. The molecule has 2 aromatic rings. The van der Waals surface area contributed by atoms with Crippen molar-refractivity contribution in [2.75, 3.05) is 12.0 Å². The molecule has 0 unspecified atom stereocenters. The SMILES string of the molecule is CS(=O)(=O)CC[C@H](C(=O)NCc1ccccc1)N1Cc2ccccc2C1=O. The van der Waals surface area contributed by atoms with E-state index in [4.69, 9.17) is 0 Å². The van der Waals surface area contributed by atoms with Crippen molar-refractivity contribution in [3.8, 4) is 0 Å². The van der Waals surface area contributed by atoms with E-state index >= 15 is 0 Å². The van der Waals surface area contributed by atoms with Gasteiger partial charge in [-0.3, -0.25) is 9.59 Å². The summed E-state index contributed by atoms with van der Waals surface area (Å²) in [5, 5.41) is 2.83. The number of amides is 2. The van der Waals surface area contributed by atoms with E-state index in [1.807, 2.05) is 42.5 Å². The van der Waals surface area contributed by atoms with E-state index in [1.54, 1.807) is 12.1 Å². The number of hydrogen-bond donors (Lipinski definition) is 1. The minimum atomic E-state index is -3.25. The lowest BCUT2D eigenvalue weighted by molar-refractivity contribution is -0.126. The molecule has 1 atom stereocenters. The molecule has 2 aromatic carbocycles. The summed E-state index contributed by atoms with van der Waals surface area (Å²) in [5.74, 6) is -0.737. The monoisotopic (exact) mass is 386 g/mol. The molecule has 0 aliphatic carbocycles. The zero-order valence-electron chi connectivity index (χ0n) is 15.1. The van der Waals surface area contributed by atoms with Gasteiger partial charge in [0.1, 0.15) is 15.9 Å². The fourth-order valence-corrected chi connectivity index (χ4v) is 3.84. The number of hydrogen-bond acceptors (Lipinski definition) is 4. The second kappa shape index (κ2) is 7.92. The Bertz CT molecular complexity index is 941. The van der Waals surface area contributed by atoms with Crippen molar-refractivity contribution in [1.82, 2.24) is 10.2 Å². The van der Waals surface area contributed by atoms with Crippen molar-refractivity contribution >= 4 is 21.7 Å². The summed E-state index contributed by atoms with van der Waals surface area (Å²) in [6.07, 6.45) is 1.20. The number of carbonyl (C=O) groups is 2. The number of nitrogens with one attached hydrogen (secondary N) is 1. The van der Waals surface area contributed by atoms with Crippen molar-refractivity contribution in [3.63, 3.8) is 0 Å². The molecule has 6 nitrogen and oxygen atoms in total. The van der Waals surface area contributed by atoms with Gasteiger partial charge in [0.15, 0.2) is 0 Å². The Kier molecular flexibility index (Phi) is 5.60. The summed E-state index contributed by atoms with van der Waals surface area (Å²) >= 11 is 0. The molecular weight excluding hydrogens is 364 g/mol. The maximum absolute atomic E-state index is 12.8. The lowest BCUT2D eigenvalue weighted by atomic mass is 10.1. The largest absolute Gasteiger partial charge is 0.350 e. The van der Waals surface area contributed by atoms with Crippen LogP contribution in [-0.4, -0.2) is 43.2 Å². The Balaban J connectivity index is 1.77. The van der Waals surface area contributed by atoms with Crippen molar-refractivity contribution in [2.45, 2.75) is 25.6 Å². The van der Waals surface area contributed by atoms with E-state index in [9.17, 15) is 18.0 Å². The van der Waals surface area contributed by atoms with E-state index in [0.29, 0.717) is 18.7 Å². The van der Waals surface area contributed by atoms with Crippen LogP contribution in [-0.2, 0) is 27.7 Å². The van der Waals surface area contributed by atoms with E-state index in [2.05, 4.69) is 5.32 Å². The molecule has 0 saturated carbocycles. The van der Waals surface area contributed by atoms with Crippen LogP contribution in [0, 0.1) is 0 Å². The highest BCUT2D eigenvalue weighted by Crippen LogP contribution is 2.25. The van der Waals surface area contributed by atoms with Gasteiger partial charge in [-0.2, -0.15) is 0 Å². The molecular formula is C20H22N2O4S. The average Bonchev–Trinajstić information content (AvgIpc) is 2.97. The topological polar surface area (TPSA) is 83.6 Å². The first kappa shape index (κ1) is 19.1. The Morgan fingerprint density at radius 2 is 1.78 bits per heavy atom. The number of sulfone groups is 1. The zero-order valence-corrected chi connectivity index (χ0v) is 15.9. The molecule has 7 heteroatoms. The van der Waals surface area contributed by atoms with Crippen LogP contribution in [0.25, 0.3) is 0 Å². The van der Waals surface area contributed by atoms with Crippen LogP contribution in [0.4, 0.5) is 0 Å². The second-order valence-corrected chi connectivity index (χ2v) is 8.99. The normalized spacial score (nSPS) is 14.7. The quantitative estimate of drug-likeness (QED) is 0.786. The molecule has 0 radical (unpaired) electrons. The molecule has 1 N–H and O–H groups in total. The molecule has 1 heterocycles. The Morgan fingerprint density at radius 1 is 1.11 bits per heavy atom. The van der Waals surface area contributed by atoms with Gasteiger partial charge in [0.25, 0.3) is 5.91 Å². The highest BCUT2D eigenvalue weighted by atomic mass is 32.2. The molecule has 3 rings (SSSR count). The van der Waals surface area contributed by atoms with Gasteiger partial charge in [0.05, 0.1) is 5.75 Å². The molecule has 0 aromatic heterocycles. The van der Waals surface area contributed by atoms with Crippen LogP contribution < -0.4 is 5.32 Å². The van der Waals surface area contributed by atoms with Gasteiger partial charge >= 0.3 is 0 Å². The van der Waals surface area contributed by atoms with E-state index in [1.165, 1.54) is 4.90 Å². The maximum Gasteiger partial charge on any atom is 0.255 e. The summed E-state index contributed by atoms with van der Waals surface area (Å²) < 4.78 is 23.2. The highest BCUT2D eigenvalue weighted by molar-refractivity contribution is 7.90. The lowest BCUT2D eigenvalue weighted by Gasteiger charge is -2.26. The first-order chi connectivity index (χ1) is 12.8. The van der Waals surface area contributed by atoms with Crippen LogP contribution in [0.15, 0.2) is 54.6 Å². The second-order valence-electron chi connectivity index (χ2n) is 6.73. The van der Waals surface area contributed by atoms with Gasteiger partial charge in [0.2, 0.25) is 5.91 Å². The lowest BCUT2D eigenvalue weighted by Crippen LogP contribution is -2.47. The predicted octanol–water partition coefficient (Wildman–Crippen LogP) is 1.76. The van der Waals surface area contributed by atoms with E-state index < -0.39 is 15.9 Å². The van der Waals surface area contributed by atoms with Crippen molar-refractivity contribution in [3.05, 3.63) is 71.3 Å². The van der Waals surface area contributed by atoms with E-state index in [0.717, 1.165) is 17.4 Å². The number of nitrogens with zero attached hydrogens (tertiary/aromatic N) is 1. The van der Waals surface area contributed by atoms with Crippen molar-refractivity contribution in [1.29, 1.82) is 0 Å². The van der Waals surface area contributed by atoms with Gasteiger partial charge in [-0.25, -0.2) is 8.42 Å². The first-order valence-corrected chi connectivity index (χ1v) is 10.8. The average molecular weight is 386 g/mol. The third-order valence-corrected chi connectivity index (χ3v) is 5.58. The molecule has 0 spiro atoms. The highest BCUT2D eigenvalue weighted by Gasteiger charge is 2.36. The van der Waals surface area contributed by atoms with Gasteiger partial charge in [-0.1, -0.05) is 48.5 Å². The van der Waals surface area contributed by atoms with Crippen LogP contribution in [0.1, 0.15) is 27.9 Å². The molecule has 0 saturated heterocycles. The number of carbonyl (C=O) groups excluding carboxylic acids is 2. The minimum Gasteiger partial charge on any atom is -0.350 e. The van der Waals surface area contributed by atoms with Gasteiger partial charge in [0, 0.05) is 24.9 Å².